The van der Waals surface area contributed by atoms with Crippen molar-refractivity contribution in [1.82, 2.24) is 25.2 Å². The number of hydrogen-bond donors (Lipinski definition) is 3. The molecule has 2 aromatic rings. The maximum atomic E-state index is 12.8. The molecule has 2 fully saturated rings. The van der Waals surface area contributed by atoms with E-state index in [0.717, 1.165) is 63.7 Å². The molecule has 34 heavy (non-hydrogen) atoms. The van der Waals surface area contributed by atoms with E-state index < -0.39 is 0 Å². The quantitative estimate of drug-likeness (QED) is 0.457. The first-order chi connectivity index (χ1) is 16.7. The SMILES string of the molecule is [C-]#[N+]c1cnc(Nc2cc(NCC3CCCNC3)c(CC(=O)CCN3CCOCC3)cn2)cn1. The smallest absolute Gasteiger partial charge is 0.288 e. The van der Waals surface area contributed by atoms with Gasteiger partial charge in [0, 0.05) is 62.5 Å². The summed E-state index contributed by atoms with van der Waals surface area (Å²) >= 11 is 0. The molecular formula is C24H32N8O2. The molecule has 2 aliphatic heterocycles. The molecule has 3 N–H and O–H groups in total. The first kappa shape index (κ1) is 24.0. The molecule has 0 spiro atoms. The predicted octanol–water partition coefficient (Wildman–Crippen LogP) is 2.41. The van der Waals surface area contributed by atoms with Crippen molar-refractivity contribution in [2.45, 2.75) is 25.7 Å². The zero-order valence-corrected chi connectivity index (χ0v) is 19.4. The van der Waals surface area contributed by atoms with Crippen molar-refractivity contribution in [3.63, 3.8) is 0 Å². The van der Waals surface area contributed by atoms with Crippen LogP contribution in [0.5, 0.6) is 0 Å². The number of pyridine rings is 1. The van der Waals surface area contributed by atoms with Gasteiger partial charge in [-0.2, -0.15) is 0 Å². The van der Waals surface area contributed by atoms with Crippen molar-refractivity contribution in [3.05, 3.63) is 41.6 Å². The molecule has 4 heterocycles. The lowest BCUT2D eigenvalue weighted by Gasteiger charge is -2.26. The highest BCUT2D eigenvalue weighted by atomic mass is 16.5. The third-order valence-corrected chi connectivity index (χ3v) is 6.17. The third-order valence-electron chi connectivity index (χ3n) is 6.17. The maximum absolute atomic E-state index is 12.8. The Morgan fingerprint density at radius 1 is 1.21 bits per heavy atom. The van der Waals surface area contributed by atoms with E-state index in [2.05, 4.69) is 40.6 Å². The second kappa shape index (κ2) is 12.4. The molecule has 0 saturated carbocycles. The van der Waals surface area contributed by atoms with Crippen molar-refractivity contribution in [2.75, 3.05) is 63.1 Å². The molecule has 2 aliphatic rings. The summed E-state index contributed by atoms with van der Waals surface area (Å²) in [5.41, 5.74) is 1.81. The molecule has 0 aliphatic carbocycles. The van der Waals surface area contributed by atoms with Gasteiger partial charge in [-0.25, -0.2) is 9.97 Å². The van der Waals surface area contributed by atoms with Crippen molar-refractivity contribution in [1.29, 1.82) is 0 Å². The van der Waals surface area contributed by atoms with E-state index in [1.54, 1.807) is 6.20 Å². The van der Waals surface area contributed by atoms with Gasteiger partial charge in [-0.05, 0) is 31.8 Å². The van der Waals surface area contributed by atoms with Crippen molar-refractivity contribution in [2.24, 2.45) is 5.92 Å². The minimum Gasteiger partial charge on any atom is -0.384 e. The molecule has 1 unspecified atom stereocenters. The van der Waals surface area contributed by atoms with Gasteiger partial charge in [-0.3, -0.25) is 9.69 Å². The van der Waals surface area contributed by atoms with Crippen LogP contribution in [0, 0.1) is 12.5 Å². The van der Waals surface area contributed by atoms with Gasteiger partial charge in [0.1, 0.15) is 11.6 Å². The Labute approximate surface area is 200 Å². The number of ketones is 1. The molecule has 2 saturated heterocycles. The topological polar surface area (TPSA) is 109 Å². The predicted molar refractivity (Wildman–Crippen MR) is 130 cm³/mol. The number of nitrogens with zero attached hydrogens (tertiary/aromatic N) is 5. The zero-order chi connectivity index (χ0) is 23.6. The van der Waals surface area contributed by atoms with Gasteiger partial charge in [-0.15, -0.1) is 4.98 Å². The highest BCUT2D eigenvalue weighted by molar-refractivity contribution is 5.83. The number of hydrogen-bond acceptors (Lipinski definition) is 9. The summed E-state index contributed by atoms with van der Waals surface area (Å²) in [6.45, 7) is 13.9. The van der Waals surface area contributed by atoms with Gasteiger partial charge < -0.3 is 25.5 Å². The van der Waals surface area contributed by atoms with Crippen LogP contribution in [0.1, 0.15) is 24.8 Å². The van der Waals surface area contributed by atoms with Gasteiger partial charge in [0.05, 0.1) is 19.4 Å². The number of Topliss-reactive ketones (excluding diaryl/α,β-unsaturated/α-hetero) is 1. The number of ether oxygens (including phenoxy) is 1. The second-order valence-corrected chi connectivity index (χ2v) is 8.74. The van der Waals surface area contributed by atoms with Crippen LogP contribution in [0.15, 0.2) is 24.7 Å². The van der Waals surface area contributed by atoms with Crippen LogP contribution in [-0.2, 0) is 16.0 Å². The van der Waals surface area contributed by atoms with Gasteiger partial charge in [0.2, 0.25) is 0 Å². The fraction of sp³-hybridized carbons (Fsp3) is 0.542. The molecule has 0 bridgehead atoms. The highest BCUT2D eigenvalue weighted by Crippen LogP contribution is 2.23. The largest absolute Gasteiger partial charge is 0.384 e. The Bertz CT molecular complexity index is 979. The Morgan fingerprint density at radius 3 is 2.79 bits per heavy atom. The monoisotopic (exact) mass is 464 g/mol. The molecule has 4 rings (SSSR count). The Balaban J connectivity index is 1.42. The van der Waals surface area contributed by atoms with Crippen LogP contribution in [0.2, 0.25) is 0 Å². The van der Waals surface area contributed by atoms with Crippen LogP contribution >= 0.6 is 0 Å². The number of anilines is 3. The molecule has 10 heteroatoms. The van der Waals surface area contributed by atoms with E-state index in [1.807, 2.05) is 6.07 Å². The number of rotatable bonds is 10. The Morgan fingerprint density at radius 2 is 2.06 bits per heavy atom. The van der Waals surface area contributed by atoms with Crippen molar-refractivity contribution in [3.8, 4) is 0 Å². The summed E-state index contributed by atoms with van der Waals surface area (Å²) < 4.78 is 5.39. The summed E-state index contributed by atoms with van der Waals surface area (Å²) in [6, 6.07) is 1.92. The summed E-state index contributed by atoms with van der Waals surface area (Å²) in [6.07, 6.45) is 7.94. The van der Waals surface area contributed by atoms with Gasteiger partial charge in [0.25, 0.3) is 5.82 Å². The Kier molecular flexibility index (Phi) is 8.73. The molecule has 0 amide bonds. The van der Waals surface area contributed by atoms with E-state index in [9.17, 15) is 4.79 Å². The summed E-state index contributed by atoms with van der Waals surface area (Å²) in [5.74, 6) is 2.12. The van der Waals surface area contributed by atoms with Crippen LogP contribution in [0.3, 0.4) is 0 Å². The van der Waals surface area contributed by atoms with E-state index in [0.29, 0.717) is 30.4 Å². The molecular weight excluding hydrogens is 432 g/mol. The second-order valence-electron chi connectivity index (χ2n) is 8.74. The number of carbonyl (C=O) groups is 1. The first-order valence-corrected chi connectivity index (χ1v) is 11.9. The zero-order valence-electron chi connectivity index (χ0n) is 19.4. The number of carbonyl (C=O) groups excluding carboxylic acids is 1. The Hall–Kier alpha value is -3.13. The lowest BCUT2D eigenvalue weighted by atomic mass is 9.99. The molecule has 1 atom stereocenters. The van der Waals surface area contributed by atoms with Crippen LogP contribution < -0.4 is 16.0 Å². The van der Waals surface area contributed by atoms with Gasteiger partial charge >= 0.3 is 0 Å². The van der Waals surface area contributed by atoms with E-state index in [1.165, 1.54) is 25.2 Å². The van der Waals surface area contributed by atoms with Gasteiger partial charge in [-0.1, -0.05) is 6.57 Å². The highest BCUT2D eigenvalue weighted by Gasteiger charge is 2.17. The standard InChI is InChI=1S/C24H32N8O2/c1-25-23-16-30-24(17-29-23)31-22-12-21(27-14-18-3-2-5-26-13-18)19(15-28-22)11-20(33)4-6-32-7-9-34-10-8-32/h12,15-18,26H,2-11,13-14H2,(H2,27,28,30,31). The summed E-state index contributed by atoms with van der Waals surface area (Å²) in [4.78, 5) is 31.1. The van der Waals surface area contributed by atoms with E-state index >= 15 is 0 Å². The fourth-order valence-corrected chi connectivity index (χ4v) is 4.19. The van der Waals surface area contributed by atoms with Crippen LogP contribution in [-0.4, -0.2) is 78.1 Å². The minimum absolute atomic E-state index is 0.206. The normalized spacial score (nSPS) is 18.7. The lowest BCUT2D eigenvalue weighted by molar-refractivity contribution is -0.119. The van der Waals surface area contributed by atoms with Crippen LogP contribution in [0.4, 0.5) is 23.1 Å². The summed E-state index contributed by atoms with van der Waals surface area (Å²) in [5, 5.41) is 10.2. The first-order valence-electron chi connectivity index (χ1n) is 11.9. The minimum atomic E-state index is 0.206. The van der Waals surface area contributed by atoms with E-state index in [4.69, 9.17) is 11.3 Å². The fourth-order valence-electron chi connectivity index (χ4n) is 4.19. The van der Waals surface area contributed by atoms with Crippen molar-refractivity contribution < 1.29 is 9.53 Å². The average Bonchev–Trinajstić information content (AvgIpc) is 2.89. The number of piperidine rings is 1. The number of aromatic nitrogens is 3. The summed E-state index contributed by atoms with van der Waals surface area (Å²) in [7, 11) is 0. The average molecular weight is 465 g/mol. The third kappa shape index (κ3) is 7.18. The van der Waals surface area contributed by atoms with Gasteiger partial charge in [0.15, 0.2) is 12.0 Å². The van der Waals surface area contributed by atoms with Crippen molar-refractivity contribution >= 4 is 28.9 Å². The number of morpholine rings is 1. The molecule has 0 radical (unpaired) electrons. The molecule has 0 aromatic carbocycles. The molecule has 180 valence electrons. The van der Waals surface area contributed by atoms with Crippen LogP contribution in [0.25, 0.3) is 4.85 Å². The van der Waals surface area contributed by atoms with E-state index in [-0.39, 0.29) is 11.6 Å². The maximum Gasteiger partial charge on any atom is 0.288 e. The molecule has 2 aromatic heterocycles. The molecule has 10 nitrogen and oxygen atoms in total. The number of nitrogens with one attached hydrogen (secondary N) is 3. The lowest BCUT2D eigenvalue weighted by Crippen LogP contribution is -2.37.